The second-order valence-corrected chi connectivity index (χ2v) is 9.51. The molecule has 1 amide bonds. The number of para-hydroxylation sites is 1. The number of benzene rings is 2. The van der Waals surface area contributed by atoms with Crippen LogP contribution in [0.5, 0.6) is 5.75 Å². The molecule has 1 aliphatic heterocycles. The first kappa shape index (κ1) is 25.3. The first-order chi connectivity index (χ1) is 18.5. The number of amides is 1. The number of ether oxygens (including phenoxy) is 1. The van der Waals surface area contributed by atoms with E-state index < -0.39 is 0 Å². The van der Waals surface area contributed by atoms with Crippen molar-refractivity contribution in [2.24, 2.45) is 0 Å². The van der Waals surface area contributed by atoms with Gasteiger partial charge in [0.15, 0.2) is 0 Å². The first-order valence-corrected chi connectivity index (χ1v) is 12.7. The van der Waals surface area contributed by atoms with Crippen molar-refractivity contribution < 1.29 is 9.53 Å². The maximum atomic E-state index is 12.2. The van der Waals surface area contributed by atoms with E-state index >= 15 is 0 Å². The van der Waals surface area contributed by atoms with Crippen molar-refractivity contribution in [2.75, 3.05) is 50.2 Å². The molecule has 5 rings (SSSR count). The summed E-state index contributed by atoms with van der Waals surface area (Å²) >= 11 is 0. The lowest BCUT2D eigenvalue weighted by Crippen LogP contribution is -2.21. The minimum atomic E-state index is -0.301. The molecule has 3 N–H and O–H groups in total. The van der Waals surface area contributed by atoms with Crippen molar-refractivity contribution in [1.82, 2.24) is 19.4 Å². The van der Waals surface area contributed by atoms with Crippen molar-refractivity contribution in [3.8, 4) is 17.0 Å². The molecule has 3 heterocycles. The van der Waals surface area contributed by atoms with Crippen molar-refractivity contribution in [1.29, 1.82) is 0 Å². The van der Waals surface area contributed by atoms with E-state index in [1.54, 1.807) is 13.3 Å². The predicted octanol–water partition coefficient (Wildman–Crippen LogP) is 4.89. The van der Waals surface area contributed by atoms with Crippen molar-refractivity contribution in [3.63, 3.8) is 0 Å². The number of carbonyl (C=O) groups is 1. The molecular formula is C29H33N7O2. The number of fused-ring (bicyclic) bond motifs is 3. The third-order valence-corrected chi connectivity index (χ3v) is 6.69. The summed E-state index contributed by atoms with van der Waals surface area (Å²) in [4.78, 5) is 23.6. The Balaban J connectivity index is 1.50. The molecule has 38 heavy (non-hydrogen) atoms. The first-order valence-electron chi connectivity index (χ1n) is 12.7. The van der Waals surface area contributed by atoms with Gasteiger partial charge >= 0.3 is 0 Å². The number of aryl methyl sites for hydroxylation is 1. The topological polar surface area (TPSA) is 96.3 Å². The normalized spacial score (nSPS) is 12.4. The fourth-order valence-corrected chi connectivity index (χ4v) is 4.93. The number of rotatable bonds is 10. The van der Waals surface area contributed by atoms with Gasteiger partial charge < -0.3 is 30.2 Å². The highest BCUT2D eigenvalue weighted by Gasteiger charge is 2.23. The van der Waals surface area contributed by atoms with Gasteiger partial charge in [0.25, 0.3) is 0 Å². The molecule has 9 nitrogen and oxygen atoms in total. The number of hydrogen-bond acceptors (Lipinski definition) is 7. The maximum absolute atomic E-state index is 12.2. The van der Waals surface area contributed by atoms with Crippen molar-refractivity contribution >= 4 is 39.8 Å². The van der Waals surface area contributed by atoms with Gasteiger partial charge in [0.05, 0.1) is 29.9 Å². The van der Waals surface area contributed by atoms with Gasteiger partial charge in [-0.2, -0.15) is 0 Å². The van der Waals surface area contributed by atoms with Crippen LogP contribution in [0, 0.1) is 0 Å². The SMILES string of the molecule is C=CC(=O)Nc1cc(Nc2nccc(-c3c4n(c5ccccc35)CCC4)n2)c(OC)cc1NCCN(C)C. The van der Waals surface area contributed by atoms with E-state index in [4.69, 9.17) is 9.72 Å². The van der Waals surface area contributed by atoms with Crippen LogP contribution < -0.4 is 20.7 Å². The molecule has 2 aromatic heterocycles. The minimum Gasteiger partial charge on any atom is -0.494 e. The Morgan fingerprint density at radius 2 is 2.03 bits per heavy atom. The van der Waals surface area contributed by atoms with E-state index in [2.05, 4.69) is 61.2 Å². The summed E-state index contributed by atoms with van der Waals surface area (Å²) in [5.41, 5.74) is 6.57. The number of aromatic nitrogens is 3. The summed E-state index contributed by atoms with van der Waals surface area (Å²) in [6.45, 7) is 6.12. The molecule has 0 aliphatic carbocycles. The number of likely N-dealkylation sites (N-methyl/N-ethyl adjacent to an activating group) is 1. The largest absolute Gasteiger partial charge is 0.494 e. The zero-order valence-corrected chi connectivity index (χ0v) is 22.0. The smallest absolute Gasteiger partial charge is 0.247 e. The van der Waals surface area contributed by atoms with Gasteiger partial charge in [0.2, 0.25) is 11.9 Å². The van der Waals surface area contributed by atoms with Crippen LogP contribution in [0.15, 0.2) is 61.3 Å². The van der Waals surface area contributed by atoms with Crippen LogP contribution in [0.25, 0.3) is 22.2 Å². The fraction of sp³-hybridized carbons (Fsp3) is 0.276. The molecule has 0 saturated carbocycles. The van der Waals surface area contributed by atoms with Crippen LogP contribution in [0.4, 0.5) is 23.0 Å². The van der Waals surface area contributed by atoms with Gasteiger partial charge in [-0.1, -0.05) is 24.8 Å². The van der Waals surface area contributed by atoms with Crippen LogP contribution in [0.3, 0.4) is 0 Å². The summed E-state index contributed by atoms with van der Waals surface area (Å²) in [5, 5.41) is 10.8. The second kappa shape index (κ2) is 10.9. The number of nitrogens with one attached hydrogen (secondary N) is 3. The van der Waals surface area contributed by atoms with Crippen molar-refractivity contribution in [3.05, 3.63) is 67.0 Å². The van der Waals surface area contributed by atoms with Crippen LogP contribution >= 0.6 is 0 Å². The number of carbonyl (C=O) groups excluding carboxylic acids is 1. The average Bonchev–Trinajstić information content (AvgIpc) is 3.50. The van der Waals surface area contributed by atoms with Gasteiger partial charge in [-0.25, -0.2) is 9.97 Å². The van der Waals surface area contributed by atoms with E-state index in [-0.39, 0.29) is 5.91 Å². The fourth-order valence-electron chi connectivity index (χ4n) is 4.93. The Morgan fingerprint density at radius 3 is 2.82 bits per heavy atom. The summed E-state index contributed by atoms with van der Waals surface area (Å²) in [6, 6.07) is 14.1. The zero-order valence-electron chi connectivity index (χ0n) is 22.0. The third-order valence-electron chi connectivity index (χ3n) is 6.69. The zero-order chi connectivity index (χ0) is 26.6. The van der Waals surface area contributed by atoms with E-state index in [9.17, 15) is 4.79 Å². The molecule has 0 bridgehead atoms. The Labute approximate surface area is 222 Å². The summed E-state index contributed by atoms with van der Waals surface area (Å²) in [6.07, 6.45) is 5.17. The molecule has 0 unspecified atom stereocenters. The Hall–Kier alpha value is -4.37. The highest BCUT2D eigenvalue weighted by Crippen LogP contribution is 2.39. The van der Waals surface area contributed by atoms with Crippen LogP contribution in [0.2, 0.25) is 0 Å². The Morgan fingerprint density at radius 1 is 1.18 bits per heavy atom. The van der Waals surface area contributed by atoms with Gasteiger partial charge in [-0.05, 0) is 51.2 Å². The number of methoxy groups -OCH3 is 1. The molecule has 0 radical (unpaired) electrons. The lowest BCUT2D eigenvalue weighted by molar-refractivity contribution is -0.111. The van der Waals surface area contributed by atoms with Crippen LogP contribution in [0.1, 0.15) is 12.1 Å². The average molecular weight is 512 g/mol. The van der Waals surface area contributed by atoms with Crippen LogP contribution in [-0.4, -0.2) is 59.6 Å². The maximum Gasteiger partial charge on any atom is 0.247 e. The second-order valence-electron chi connectivity index (χ2n) is 9.51. The summed E-state index contributed by atoms with van der Waals surface area (Å²) in [7, 11) is 5.63. The number of hydrogen-bond donors (Lipinski definition) is 3. The van der Waals surface area contributed by atoms with Gasteiger partial charge in [0.1, 0.15) is 5.75 Å². The molecule has 0 spiro atoms. The third kappa shape index (κ3) is 5.05. The highest BCUT2D eigenvalue weighted by molar-refractivity contribution is 6.02. The molecule has 0 fully saturated rings. The lowest BCUT2D eigenvalue weighted by atomic mass is 10.1. The number of anilines is 4. The quantitative estimate of drug-likeness (QED) is 0.261. The molecule has 2 aromatic carbocycles. The molecule has 9 heteroatoms. The Kier molecular flexibility index (Phi) is 7.28. The van der Waals surface area contributed by atoms with E-state index in [0.29, 0.717) is 29.6 Å². The monoisotopic (exact) mass is 511 g/mol. The van der Waals surface area contributed by atoms with Gasteiger partial charge in [0, 0.05) is 54.1 Å². The standard InChI is InChI=1S/C29H33N7O2/c1-5-27(37)32-22-17-23(26(38-4)18-21(22)30-14-16-35(2)3)34-29-31-13-12-20(33-29)28-19-9-6-7-10-24(19)36-15-8-11-25(28)36/h5-7,9-10,12-13,17-18,30H,1,8,11,14-16H2,2-4H3,(H,32,37)(H,31,33,34). The van der Waals surface area contributed by atoms with Gasteiger partial charge in [-0.3, -0.25) is 4.79 Å². The predicted molar refractivity (Wildman–Crippen MR) is 153 cm³/mol. The molecule has 0 atom stereocenters. The molecule has 4 aromatic rings. The van der Waals surface area contributed by atoms with Gasteiger partial charge in [-0.15, -0.1) is 0 Å². The Bertz CT molecular complexity index is 1490. The van der Waals surface area contributed by atoms with E-state index in [0.717, 1.165) is 42.9 Å². The molecular weight excluding hydrogens is 478 g/mol. The van der Waals surface area contributed by atoms with Crippen molar-refractivity contribution in [2.45, 2.75) is 19.4 Å². The summed E-state index contributed by atoms with van der Waals surface area (Å²) < 4.78 is 8.09. The number of nitrogens with zero attached hydrogens (tertiary/aromatic N) is 4. The van der Waals surface area contributed by atoms with E-state index in [1.165, 1.54) is 22.7 Å². The minimum absolute atomic E-state index is 0.301. The molecule has 196 valence electrons. The lowest BCUT2D eigenvalue weighted by Gasteiger charge is -2.19. The summed E-state index contributed by atoms with van der Waals surface area (Å²) in [5.74, 6) is 0.736. The van der Waals surface area contributed by atoms with E-state index in [1.807, 2.05) is 32.3 Å². The molecule has 1 aliphatic rings. The van der Waals surface area contributed by atoms with Crippen LogP contribution in [-0.2, 0) is 17.8 Å². The highest BCUT2D eigenvalue weighted by atomic mass is 16.5. The molecule has 0 saturated heterocycles.